The average Bonchev–Trinajstić information content (AvgIpc) is 3.35. The van der Waals surface area contributed by atoms with Gasteiger partial charge in [-0.25, -0.2) is 97.6 Å². The summed E-state index contributed by atoms with van der Waals surface area (Å²) in [5.41, 5.74) is -13.6. The van der Waals surface area contributed by atoms with Gasteiger partial charge in [-0.3, -0.25) is 4.79 Å². The summed E-state index contributed by atoms with van der Waals surface area (Å²) >= 11 is 3.32. The summed E-state index contributed by atoms with van der Waals surface area (Å²) in [4.78, 5) is 28.5. The van der Waals surface area contributed by atoms with Crippen molar-refractivity contribution in [3.8, 4) is 5.75 Å². The molecule has 0 radical (unpaired) electrons. The van der Waals surface area contributed by atoms with Crippen molar-refractivity contribution in [2.75, 3.05) is 0 Å². The van der Waals surface area contributed by atoms with Crippen LogP contribution in [0.3, 0.4) is 0 Å². The first-order valence-electron chi connectivity index (χ1n) is 18.5. The molecule has 1 aromatic heterocycles. The monoisotopic (exact) mass is 1080 g/mol. The van der Waals surface area contributed by atoms with Gasteiger partial charge in [-0.1, -0.05) is 46.3 Å². The van der Waals surface area contributed by atoms with Gasteiger partial charge in [-0.15, -0.1) is 21.9 Å². The molecule has 7 aromatic rings. The van der Waals surface area contributed by atoms with Crippen molar-refractivity contribution in [2.45, 2.75) is 6.54 Å². The Bertz CT molecular complexity index is 2890. The molecule has 5 nitrogen and oxygen atoms in total. The van der Waals surface area contributed by atoms with Crippen LogP contribution in [0, 0.1) is 116 Å². The maximum atomic E-state index is 15.4. The van der Waals surface area contributed by atoms with Crippen molar-refractivity contribution in [2.24, 2.45) is 0 Å². The minimum absolute atomic E-state index is 0.0518. The maximum Gasteiger partial charge on any atom is 0.368 e. The maximum absolute atomic E-state index is 15.4. The van der Waals surface area contributed by atoms with Crippen LogP contribution in [0.2, 0.25) is 0 Å². The van der Waals surface area contributed by atoms with Gasteiger partial charge in [0, 0.05) is 10.0 Å². The fourth-order valence-electron chi connectivity index (χ4n) is 7.05. The van der Waals surface area contributed by atoms with Crippen LogP contribution in [0.5, 0.6) is 5.75 Å². The van der Waals surface area contributed by atoms with Crippen molar-refractivity contribution in [3.05, 3.63) is 205 Å². The van der Waals surface area contributed by atoms with Gasteiger partial charge in [-0.05, 0) is 24.3 Å². The molecule has 364 valence electrons. The molecule has 0 saturated heterocycles. The fourth-order valence-corrected chi connectivity index (χ4v) is 7.32. The fraction of sp³-hybridized carbons (Fsp3) is 0.0233. The molecular formula is C43H14BBrF20N2O3. The largest absolute Gasteiger partial charge is 0.422 e. The summed E-state index contributed by atoms with van der Waals surface area (Å²) in [6.45, 7) is 0.116. The standard InChI is InChI=1S/C24BF20.C19H14BrN2O3/c26-5-1(6(27)14(35)21(42)13(5)34)25(2-7(28)15(36)22(43)16(37)8(2)29,3-9(30)17(38)23(44)18(39)10(3)31)4-11(32)19(40)24(45)20(41)12(4)33;20-15-6-8-16(9-7-15)25-19(24)17-12-22(11-10-21-17)13-18(23)14-4-2-1-3-5-14/h;1-12H,13H2/q-1;+1. The highest BCUT2D eigenvalue weighted by atomic mass is 79.9. The zero-order valence-electron chi connectivity index (χ0n) is 33.3. The third kappa shape index (κ3) is 8.81. The summed E-state index contributed by atoms with van der Waals surface area (Å²) < 4.78 is 302. The van der Waals surface area contributed by atoms with Crippen LogP contribution < -0.4 is 31.2 Å². The first-order valence-corrected chi connectivity index (χ1v) is 19.3. The van der Waals surface area contributed by atoms with E-state index < -0.39 is 150 Å². The van der Waals surface area contributed by atoms with E-state index in [9.17, 15) is 62.3 Å². The third-order valence-corrected chi connectivity index (χ3v) is 10.7. The lowest BCUT2D eigenvalue weighted by Crippen LogP contribution is -2.81. The van der Waals surface area contributed by atoms with E-state index in [-0.39, 0.29) is 18.0 Å². The predicted molar refractivity (Wildman–Crippen MR) is 204 cm³/mol. The Labute approximate surface area is 384 Å². The number of benzene rings is 6. The molecule has 0 saturated carbocycles. The number of Topliss-reactive ketones (excluding diaryl/α,β-unsaturated/α-hetero) is 1. The van der Waals surface area contributed by atoms with Crippen LogP contribution in [-0.2, 0) is 6.54 Å². The van der Waals surface area contributed by atoms with Crippen molar-refractivity contribution in [1.29, 1.82) is 0 Å². The summed E-state index contributed by atoms with van der Waals surface area (Å²) in [6.07, 6.45) is -2.61. The van der Waals surface area contributed by atoms with Gasteiger partial charge in [0.05, 0.1) is 6.20 Å². The minimum atomic E-state index is -7.22. The number of nitrogens with zero attached hydrogens (tertiary/aromatic N) is 2. The second kappa shape index (κ2) is 20.0. The summed E-state index contributed by atoms with van der Waals surface area (Å²) in [6, 6.07) is 15.9. The first-order chi connectivity index (χ1) is 32.8. The molecule has 0 aliphatic rings. The summed E-state index contributed by atoms with van der Waals surface area (Å²) in [5.74, 6) is -71.6. The first kappa shape index (κ1) is 52.1. The number of ether oxygens (including phenoxy) is 1. The highest BCUT2D eigenvalue weighted by molar-refractivity contribution is 9.10. The lowest BCUT2D eigenvalue weighted by molar-refractivity contribution is -0.683. The van der Waals surface area contributed by atoms with E-state index in [0.717, 1.165) is 4.47 Å². The number of carbonyl (C=O) groups excluding carboxylic acids is 2. The number of esters is 1. The normalized spacial score (nSPS) is 11.4. The number of halogens is 21. The highest BCUT2D eigenvalue weighted by Gasteiger charge is 2.52. The van der Waals surface area contributed by atoms with Gasteiger partial charge in [-0.2, -0.15) is 4.57 Å². The number of rotatable bonds is 9. The van der Waals surface area contributed by atoms with Crippen molar-refractivity contribution in [3.63, 3.8) is 0 Å². The molecular weight excluding hydrogens is 1060 g/mol. The topological polar surface area (TPSA) is 60.1 Å². The Morgan fingerprint density at radius 3 is 1.10 bits per heavy atom. The second-order valence-corrected chi connectivity index (χ2v) is 15.0. The average molecular weight is 1080 g/mol. The lowest BCUT2D eigenvalue weighted by atomic mass is 9.12. The number of hydrogen-bond acceptors (Lipinski definition) is 4. The molecule has 0 fully saturated rings. The molecule has 0 N–H and O–H groups in total. The Morgan fingerprint density at radius 2 is 0.771 bits per heavy atom. The molecule has 70 heavy (non-hydrogen) atoms. The van der Waals surface area contributed by atoms with E-state index in [1.807, 2.05) is 18.2 Å². The van der Waals surface area contributed by atoms with Crippen molar-refractivity contribution < 1.29 is 107 Å². The van der Waals surface area contributed by atoms with Crippen LogP contribution >= 0.6 is 15.9 Å². The van der Waals surface area contributed by atoms with Crippen LogP contribution in [0.15, 0.2) is 77.7 Å². The molecule has 0 bridgehead atoms. The zero-order valence-corrected chi connectivity index (χ0v) is 34.9. The second-order valence-electron chi connectivity index (χ2n) is 14.0. The molecule has 1 heterocycles. The molecule has 27 heteroatoms. The Hall–Kier alpha value is -7.32. The quantitative estimate of drug-likeness (QED) is 0.0212. The molecule has 0 unspecified atom stereocenters. The van der Waals surface area contributed by atoms with Gasteiger partial charge in [0.1, 0.15) is 58.4 Å². The van der Waals surface area contributed by atoms with Gasteiger partial charge >= 0.3 is 5.97 Å². The summed E-state index contributed by atoms with van der Waals surface area (Å²) in [7, 11) is 0. The molecule has 0 amide bonds. The van der Waals surface area contributed by atoms with E-state index in [1.165, 1.54) is 12.4 Å². The van der Waals surface area contributed by atoms with Crippen molar-refractivity contribution >= 4 is 55.7 Å². The summed E-state index contributed by atoms with van der Waals surface area (Å²) in [5, 5.41) is 0. The van der Waals surface area contributed by atoms with Gasteiger partial charge in [0.15, 0.2) is 76.0 Å². The van der Waals surface area contributed by atoms with E-state index in [1.54, 1.807) is 47.2 Å². The van der Waals surface area contributed by atoms with E-state index >= 15 is 35.1 Å². The Morgan fingerprint density at radius 1 is 0.457 bits per heavy atom. The number of hydrogen-bond donors (Lipinski definition) is 0. The van der Waals surface area contributed by atoms with Crippen LogP contribution in [0.4, 0.5) is 87.8 Å². The smallest absolute Gasteiger partial charge is 0.368 e. The van der Waals surface area contributed by atoms with Gasteiger partial charge in [0.2, 0.25) is 24.2 Å². The third-order valence-electron chi connectivity index (χ3n) is 10.1. The zero-order chi connectivity index (χ0) is 52.0. The van der Waals surface area contributed by atoms with Gasteiger partial charge < -0.3 is 4.74 Å². The van der Waals surface area contributed by atoms with E-state index in [4.69, 9.17) is 4.74 Å². The van der Waals surface area contributed by atoms with Crippen LogP contribution in [-0.4, -0.2) is 22.9 Å². The van der Waals surface area contributed by atoms with Gasteiger partial charge in [0.25, 0.3) is 0 Å². The number of aromatic nitrogens is 2. The molecule has 7 rings (SSSR count). The molecule has 0 atom stereocenters. The number of carbonyl (C=O) groups is 2. The van der Waals surface area contributed by atoms with E-state index in [0.29, 0.717) is 11.3 Å². The molecule has 0 spiro atoms. The molecule has 0 aliphatic heterocycles. The number of ketones is 1. The minimum Gasteiger partial charge on any atom is -0.422 e. The molecule has 0 aliphatic carbocycles. The lowest BCUT2D eigenvalue weighted by Gasteiger charge is -2.44. The molecule has 6 aromatic carbocycles. The Kier molecular flexibility index (Phi) is 14.8. The van der Waals surface area contributed by atoms with Crippen LogP contribution in [0.1, 0.15) is 20.8 Å². The van der Waals surface area contributed by atoms with Crippen LogP contribution in [0.25, 0.3) is 0 Å². The Balaban J connectivity index is 0.000000270. The highest BCUT2D eigenvalue weighted by Crippen LogP contribution is 2.31. The SMILES string of the molecule is Fc1c(F)c(F)c([B-](c2c(F)c(F)c(F)c(F)c2F)(c2c(F)c(F)c(F)c(F)c2F)c2c(F)c(F)c(F)c(F)c2F)c(F)c1F.O=C(C[n+]1ccnc(C(=O)Oc2ccc(Br)cc2)c1)c1ccccc1. The predicted octanol–water partition coefficient (Wildman–Crippen LogP) is 9.08. The van der Waals surface area contributed by atoms with Crippen molar-refractivity contribution in [1.82, 2.24) is 4.98 Å². The van der Waals surface area contributed by atoms with E-state index in [2.05, 4.69) is 20.9 Å².